The Balaban J connectivity index is 2.34. The van der Waals surface area contributed by atoms with E-state index in [9.17, 15) is 9.70 Å². The van der Waals surface area contributed by atoms with Crippen LogP contribution >= 0.6 is 0 Å². The molecule has 0 heterocycles. The van der Waals surface area contributed by atoms with Gasteiger partial charge in [0.25, 0.3) is 0 Å². The predicted molar refractivity (Wildman–Crippen MR) is 91.5 cm³/mol. The number of hydrogen-bond donors (Lipinski definition) is 1. The standard InChI is InChI=1S/C17H19N3O4/c1-12(2)24-17(21)18-20(19-22)15-11-14(9-10-16(15)23-3)13-7-5-4-6-8-13/h4-12H,1-3H3,(H,18,21). The van der Waals surface area contributed by atoms with Gasteiger partial charge in [0.1, 0.15) is 11.4 Å². The van der Waals surface area contributed by atoms with E-state index in [0.29, 0.717) is 11.4 Å². The number of amides is 1. The second-order valence-corrected chi connectivity index (χ2v) is 5.21. The Kier molecular flexibility index (Phi) is 5.73. The third kappa shape index (κ3) is 4.22. The summed E-state index contributed by atoms with van der Waals surface area (Å²) in [6.07, 6.45) is -1.10. The van der Waals surface area contributed by atoms with E-state index < -0.39 is 6.09 Å². The maximum absolute atomic E-state index is 11.7. The first-order valence-electron chi connectivity index (χ1n) is 7.39. The molecule has 1 amide bonds. The Morgan fingerprint density at radius 1 is 1.12 bits per heavy atom. The van der Waals surface area contributed by atoms with Crippen molar-refractivity contribution in [3.63, 3.8) is 0 Å². The van der Waals surface area contributed by atoms with E-state index >= 15 is 0 Å². The first-order valence-corrected chi connectivity index (χ1v) is 7.39. The van der Waals surface area contributed by atoms with Crippen LogP contribution in [0.15, 0.2) is 53.8 Å². The van der Waals surface area contributed by atoms with E-state index in [-0.39, 0.29) is 6.10 Å². The van der Waals surface area contributed by atoms with Gasteiger partial charge in [0.15, 0.2) is 0 Å². The highest BCUT2D eigenvalue weighted by molar-refractivity contribution is 5.75. The molecule has 0 aliphatic carbocycles. The summed E-state index contributed by atoms with van der Waals surface area (Å²) < 4.78 is 10.2. The van der Waals surface area contributed by atoms with E-state index in [1.54, 1.807) is 26.0 Å². The van der Waals surface area contributed by atoms with Gasteiger partial charge >= 0.3 is 6.09 Å². The monoisotopic (exact) mass is 329 g/mol. The third-order valence-corrected chi connectivity index (χ3v) is 3.14. The molecule has 0 aliphatic heterocycles. The van der Waals surface area contributed by atoms with Crippen molar-refractivity contribution in [2.24, 2.45) is 5.29 Å². The number of methoxy groups -OCH3 is 1. The topological polar surface area (TPSA) is 80.2 Å². The number of ether oxygens (including phenoxy) is 2. The average molecular weight is 329 g/mol. The minimum Gasteiger partial charge on any atom is -0.494 e. The number of benzene rings is 2. The fourth-order valence-corrected chi connectivity index (χ4v) is 2.12. The first-order chi connectivity index (χ1) is 11.5. The molecule has 0 aliphatic rings. The van der Waals surface area contributed by atoms with Crippen molar-refractivity contribution in [2.45, 2.75) is 20.0 Å². The zero-order valence-corrected chi connectivity index (χ0v) is 13.7. The molecule has 1 N–H and O–H groups in total. The van der Waals surface area contributed by atoms with Crippen LogP contribution in [0.5, 0.6) is 5.75 Å². The number of carbonyl (C=O) groups is 1. The number of nitrogens with zero attached hydrogens (tertiary/aromatic N) is 2. The van der Waals surface area contributed by atoms with Crippen LogP contribution in [0.3, 0.4) is 0 Å². The summed E-state index contributed by atoms with van der Waals surface area (Å²) >= 11 is 0. The Morgan fingerprint density at radius 3 is 2.42 bits per heavy atom. The average Bonchev–Trinajstić information content (AvgIpc) is 2.59. The highest BCUT2D eigenvalue weighted by Gasteiger charge is 2.18. The number of carbonyl (C=O) groups excluding carboxylic acids is 1. The number of hydrazine groups is 1. The van der Waals surface area contributed by atoms with Gasteiger partial charge in [0.2, 0.25) is 0 Å². The van der Waals surface area contributed by atoms with E-state index in [1.165, 1.54) is 7.11 Å². The van der Waals surface area contributed by atoms with E-state index in [4.69, 9.17) is 9.47 Å². The van der Waals surface area contributed by atoms with Gasteiger partial charge in [-0.2, -0.15) is 0 Å². The molecular formula is C17H19N3O4. The van der Waals surface area contributed by atoms with E-state index in [2.05, 4.69) is 10.7 Å². The molecule has 0 unspecified atom stereocenters. The molecule has 0 bridgehead atoms. The molecular weight excluding hydrogens is 310 g/mol. The summed E-state index contributed by atoms with van der Waals surface area (Å²) in [4.78, 5) is 22.9. The van der Waals surface area contributed by atoms with Gasteiger partial charge < -0.3 is 9.47 Å². The number of nitrogens with one attached hydrogen (secondary N) is 1. The second-order valence-electron chi connectivity index (χ2n) is 5.21. The molecule has 126 valence electrons. The maximum Gasteiger partial charge on any atom is 0.428 e. The van der Waals surface area contributed by atoms with Crippen molar-refractivity contribution in [1.29, 1.82) is 0 Å². The molecule has 0 atom stereocenters. The zero-order chi connectivity index (χ0) is 17.5. The second kappa shape index (κ2) is 7.96. The Morgan fingerprint density at radius 2 is 1.83 bits per heavy atom. The van der Waals surface area contributed by atoms with Crippen molar-refractivity contribution >= 4 is 11.8 Å². The molecule has 0 saturated carbocycles. The van der Waals surface area contributed by atoms with Gasteiger partial charge in [-0.25, -0.2) is 10.2 Å². The largest absolute Gasteiger partial charge is 0.494 e. The van der Waals surface area contributed by atoms with Gasteiger partial charge in [-0.1, -0.05) is 36.4 Å². The summed E-state index contributed by atoms with van der Waals surface area (Å²) in [6.45, 7) is 3.41. The van der Waals surface area contributed by atoms with Gasteiger partial charge in [-0.15, -0.1) is 10.0 Å². The molecule has 7 heteroatoms. The van der Waals surface area contributed by atoms with Gasteiger partial charge in [-0.3, -0.25) is 0 Å². The lowest BCUT2D eigenvalue weighted by Gasteiger charge is -2.20. The number of nitroso groups, excluding NO2 is 1. The molecule has 7 nitrogen and oxygen atoms in total. The lowest BCUT2D eigenvalue weighted by molar-refractivity contribution is 0.114. The minimum absolute atomic E-state index is 0.301. The SMILES string of the molecule is COc1ccc(-c2ccccc2)cc1N(N=O)NC(=O)OC(C)C. The predicted octanol–water partition coefficient (Wildman–Crippen LogP) is 3.90. The summed E-state index contributed by atoms with van der Waals surface area (Å²) in [5.41, 5.74) is 4.38. The number of hydrogen-bond acceptors (Lipinski definition) is 5. The van der Waals surface area contributed by atoms with Crippen LogP contribution in [-0.2, 0) is 4.74 Å². The van der Waals surface area contributed by atoms with E-state index in [0.717, 1.165) is 16.2 Å². The van der Waals surface area contributed by atoms with E-state index in [1.807, 2.05) is 36.4 Å². The molecule has 0 spiro atoms. The maximum atomic E-state index is 11.7. The van der Waals surface area contributed by atoms with Crippen molar-refractivity contribution in [1.82, 2.24) is 5.43 Å². The van der Waals surface area contributed by atoms with Crippen LogP contribution in [0.1, 0.15) is 13.8 Å². The van der Waals surface area contributed by atoms with Crippen molar-refractivity contribution in [3.05, 3.63) is 53.4 Å². The molecule has 2 rings (SSSR count). The van der Waals surface area contributed by atoms with Crippen LogP contribution in [0, 0.1) is 4.91 Å². The molecule has 2 aromatic rings. The summed E-state index contributed by atoms with van der Waals surface area (Å²) in [6, 6.07) is 14.9. The normalized spacial score (nSPS) is 10.2. The van der Waals surface area contributed by atoms with Crippen molar-refractivity contribution in [2.75, 3.05) is 12.2 Å². The van der Waals surface area contributed by atoms with Gasteiger partial charge in [0, 0.05) is 0 Å². The number of rotatable bonds is 6. The number of anilines is 1. The minimum atomic E-state index is -0.781. The summed E-state index contributed by atoms with van der Waals surface area (Å²) in [5, 5.41) is 3.63. The fourth-order valence-electron chi connectivity index (χ4n) is 2.12. The zero-order valence-electron chi connectivity index (χ0n) is 13.7. The molecule has 0 radical (unpaired) electrons. The van der Waals surface area contributed by atoms with Gasteiger partial charge in [0.05, 0.1) is 18.5 Å². The van der Waals surface area contributed by atoms with Crippen molar-refractivity contribution < 1.29 is 14.3 Å². The lowest BCUT2D eigenvalue weighted by atomic mass is 10.0. The highest BCUT2D eigenvalue weighted by atomic mass is 16.6. The highest BCUT2D eigenvalue weighted by Crippen LogP contribution is 2.32. The molecule has 24 heavy (non-hydrogen) atoms. The van der Waals surface area contributed by atoms with Crippen LogP contribution in [0.4, 0.5) is 10.5 Å². The van der Waals surface area contributed by atoms with Crippen LogP contribution in [0.2, 0.25) is 0 Å². The lowest BCUT2D eigenvalue weighted by Crippen LogP contribution is -2.39. The molecule has 0 fully saturated rings. The van der Waals surface area contributed by atoms with Crippen LogP contribution in [0.25, 0.3) is 11.1 Å². The fraction of sp³-hybridized carbons (Fsp3) is 0.235. The quantitative estimate of drug-likeness (QED) is 0.642. The van der Waals surface area contributed by atoms with Gasteiger partial charge in [-0.05, 0) is 37.1 Å². The van der Waals surface area contributed by atoms with Crippen molar-refractivity contribution in [3.8, 4) is 16.9 Å². The Labute approximate surface area is 140 Å². The first kappa shape index (κ1) is 17.3. The van der Waals surface area contributed by atoms with Crippen LogP contribution in [-0.4, -0.2) is 19.3 Å². The third-order valence-electron chi connectivity index (χ3n) is 3.14. The summed E-state index contributed by atoms with van der Waals surface area (Å²) in [5.74, 6) is 0.388. The van der Waals surface area contributed by atoms with Crippen LogP contribution < -0.4 is 15.3 Å². The molecule has 2 aromatic carbocycles. The molecule has 0 aromatic heterocycles. The Hall–Kier alpha value is -3.09. The molecule has 0 saturated heterocycles. The Bertz CT molecular complexity index is 704. The smallest absolute Gasteiger partial charge is 0.428 e. The summed E-state index contributed by atoms with van der Waals surface area (Å²) in [7, 11) is 1.47.